The van der Waals surface area contributed by atoms with Gasteiger partial charge in [-0.15, -0.1) is 11.3 Å². The molecule has 25 heavy (non-hydrogen) atoms. The first kappa shape index (κ1) is 17.7. The molecule has 0 fully saturated rings. The van der Waals surface area contributed by atoms with E-state index in [4.69, 9.17) is 0 Å². The fourth-order valence-electron chi connectivity index (χ4n) is 2.48. The third-order valence-electron chi connectivity index (χ3n) is 3.74. The molecule has 2 aromatic carbocycles. The standard InChI is InChI=1S/C18H15F2NO2S2/c1-12-4-7-15(20)11-17(12)25(22,23)21-18(16-3-2-10-24-16)13-5-8-14(19)9-6-13/h2-11,18,21H,1H3. The summed E-state index contributed by atoms with van der Waals surface area (Å²) >= 11 is 1.38. The molecule has 0 saturated carbocycles. The summed E-state index contributed by atoms with van der Waals surface area (Å²) < 4.78 is 55.0. The van der Waals surface area contributed by atoms with Gasteiger partial charge >= 0.3 is 0 Å². The normalized spacial score (nSPS) is 12.9. The summed E-state index contributed by atoms with van der Waals surface area (Å²) in [6, 6.07) is 12.1. The predicted octanol–water partition coefficient (Wildman–Crippen LogP) is 4.40. The van der Waals surface area contributed by atoms with Crippen molar-refractivity contribution < 1.29 is 17.2 Å². The highest BCUT2D eigenvalue weighted by atomic mass is 32.2. The maximum atomic E-state index is 13.5. The van der Waals surface area contributed by atoms with Crippen LogP contribution < -0.4 is 4.72 Å². The molecule has 0 aliphatic heterocycles. The SMILES string of the molecule is Cc1ccc(F)cc1S(=O)(=O)NC(c1ccc(F)cc1)c1cccs1. The number of hydrogen-bond acceptors (Lipinski definition) is 3. The van der Waals surface area contributed by atoms with E-state index in [0.717, 1.165) is 10.9 Å². The van der Waals surface area contributed by atoms with E-state index < -0.39 is 27.7 Å². The van der Waals surface area contributed by atoms with Gasteiger partial charge in [-0.25, -0.2) is 17.2 Å². The second-order valence-electron chi connectivity index (χ2n) is 5.53. The van der Waals surface area contributed by atoms with Gasteiger partial charge < -0.3 is 0 Å². The highest BCUT2D eigenvalue weighted by Crippen LogP contribution is 2.29. The van der Waals surface area contributed by atoms with E-state index >= 15 is 0 Å². The van der Waals surface area contributed by atoms with E-state index in [1.165, 1.54) is 47.7 Å². The Balaban J connectivity index is 2.03. The number of nitrogens with one attached hydrogen (secondary N) is 1. The minimum atomic E-state index is -3.97. The summed E-state index contributed by atoms with van der Waals surface area (Å²) in [5, 5.41) is 1.83. The molecule has 0 aliphatic carbocycles. The van der Waals surface area contributed by atoms with Gasteiger partial charge in [0.25, 0.3) is 0 Å². The van der Waals surface area contributed by atoms with Gasteiger partial charge in [-0.05, 0) is 53.8 Å². The molecular formula is C18H15F2NO2S2. The Morgan fingerprint density at radius 3 is 2.32 bits per heavy atom. The van der Waals surface area contributed by atoms with Crippen LogP contribution in [-0.2, 0) is 10.0 Å². The molecular weight excluding hydrogens is 364 g/mol. The molecule has 0 aliphatic rings. The highest BCUT2D eigenvalue weighted by Gasteiger charge is 2.25. The van der Waals surface area contributed by atoms with Crippen LogP contribution in [0.2, 0.25) is 0 Å². The van der Waals surface area contributed by atoms with Crippen LogP contribution in [0.1, 0.15) is 22.0 Å². The monoisotopic (exact) mass is 379 g/mol. The maximum absolute atomic E-state index is 13.5. The Labute approximate surface area is 149 Å². The van der Waals surface area contributed by atoms with Crippen molar-refractivity contribution >= 4 is 21.4 Å². The lowest BCUT2D eigenvalue weighted by molar-refractivity contribution is 0.568. The van der Waals surface area contributed by atoms with Gasteiger partial charge in [0.2, 0.25) is 10.0 Å². The molecule has 0 bridgehead atoms. The van der Waals surface area contributed by atoms with Crippen LogP contribution in [-0.4, -0.2) is 8.42 Å². The molecule has 0 saturated heterocycles. The van der Waals surface area contributed by atoms with Gasteiger partial charge in [0, 0.05) is 4.88 Å². The minimum absolute atomic E-state index is 0.115. The second kappa shape index (κ2) is 7.03. The van der Waals surface area contributed by atoms with E-state index in [2.05, 4.69) is 4.72 Å². The fourth-order valence-corrected chi connectivity index (χ4v) is 4.82. The molecule has 1 N–H and O–H groups in total. The zero-order chi connectivity index (χ0) is 18.0. The number of aryl methyl sites for hydroxylation is 1. The van der Waals surface area contributed by atoms with Crippen LogP contribution in [0.25, 0.3) is 0 Å². The molecule has 0 amide bonds. The van der Waals surface area contributed by atoms with Gasteiger partial charge in [-0.1, -0.05) is 24.3 Å². The Hall–Kier alpha value is -2.09. The number of rotatable bonds is 5. The summed E-state index contributed by atoms with van der Waals surface area (Å²) in [5.41, 5.74) is 1.04. The lowest BCUT2D eigenvalue weighted by Gasteiger charge is -2.19. The molecule has 0 radical (unpaired) electrons. The number of thiophene rings is 1. The van der Waals surface area contributed by atoms with E-state index in [0.29, 0.717) is 11.1 Å². The van der Waals surface area contributed by atoms with Crippen molar-refractivity contribution in [2.45, 2.75) is 17.9 Å². The van der Waals surface area contributed by atoms with Crippen molar-refractivity contribution in [3.8, 4) is 0 Å². The average molecular weight is 379 g/mol. The third kappa shape index (κ3) is 3.95. The lowest BCUT2D eigenvalue weighted by Crippen LogP contribution is -2.29. The van der Waals surface area contributed by atoms with Crippen LogP contribution in [0, 0.1) is 18.6 Å². The first-order valence-corrected chi connectivity index (χ1v) is 9.80. The summed E-state index contributed by atoms with van der Waals surface area (Å²) in [7, 11) is -3.97. The van der Waals surface area contributed by atoms with E-state index in [1.54, 1.807) is 19.1 Å². The van der Waals surface area contributed by atoms with Crippen molar-refractivity contribution in [3.05, 3.63) is 87.6 Å². The van der Waals surface area contributed by atoms with Gasteiger partial charge in [0.1, 0.15) is 11.6 Å². The van der Waals surface area contributed by atoms with E-state index in [9.17, 15) is 17.2 Å². The smallest absolute Gasteiger partial charge is 0.207 e. The second-order valence-corrected chi connectivity index (χ2v) is 8.19. The molecule has 130 valence electrons. The van der Waals surface area contributed by atoms with Gasteiger partial charge in [0.05, 0.1) is 10.9 Å². The van der Waals surface area contributed by atoms with Crippen LogP contribution in [0.15, 0.2) is 64.9 Å². The van der Waals surface area contributed by atoms with Crippen molar-refractivity contribution in [1.29, 1.82) is 0 Å². The van der Waals surface area contributed by atoms with Gasteiger partial charge in [-0.3, -0.25) is 0 Å². The van der Waals surface area contributed by atoms with Crippen molar-refractivity contribution in [2.75, 3.05) is 0 Å². The molecule has 1 unspecified atom stereocenters. The first-order valence-electron chi connectivity index (χ1n) is 7.44. The Morgan fingerprint density at radius 1 is 1.00 bits per heavy atom. The summed E-state index contributed by atoms with van der Waals surface area (Å²) in [5.74, 6) is -1.03. The quantitative estimate of drug-likeness (QED) is 0.714. The van der Waals surface area contributed by atoms with Crippen LogP contribution >= 0.6 is 11.3 Å². The van der Waals surface area contributed by atoms with Gasteiger partial charge in [0.15, 0.2) is 0 Å². The minimum Gasteiger partial charge on any atom is -0.207 e. The van der Waals surface area contributed by atoms with Crippen LogP contribution in [0.3, 0.4) is 0 Å². The number of benzene rings is 2. The summed E-state index contributed by atoms with van der Waals surface area (Å²) in [6.45, 7) is 1.60. The average Bonchev–Trinajstić information content (AvgIpc) is 3.10. The topological polar surface area (TPSA) is 46.2 Å². The highest BCUT2D eigenvalue weighted by molar-refractivity contribution is 7.89. The van der Waals surface area contributed by atoms with Crippen LogP contribution in [0.5, 0.6) is 0 Å². The van der Waals surface area contributed by atoms with Gasteiger partial charge in [-0.2, -0.15) is 4.72 Å². The van der Waals surface area contributed by atoms with E-state index in [1.807, 2.05) is 5.38 Å². The zero-order valence-electron chi connectivity index (χ0n) is 13.2. The molecule has 1 aromatic heterocycles. The van der Waals surface area contributed by atoms with Crippen molar-refractivity contribution in [2.24, 2.45) is 0 Å². The molecule has 1 heterocycles. The molecule has 3 aromatic rings. The van der Waals surface area contributed by atoms with Crippen LogP contribution in [0.4, 0.5) is 8.78 Å². The fraction of sp³-hybridized carbons (Fsp3) is 0.111. The molecule has 7 heteroatoms. The largest absolute Gasteiger partial charge is 0.241 e. The summed E-state index contributed by atoms with van der Waals surface area (Å²) in [6.07, 6.45) is 0. The maximum Gasteiger partial charge on any atom is 0.241 e. The number of hydrogen-bond donors (Lipinski definition) is 1. The first-order chi connectivity index (χ1) is 11.9. The zero-order valence-corrected chi connectivity index (χ0v) is 14.9. The van der Waals surface area contributed by atoms with Crippen molar-refractivity contribution in [3.63, 3.8) is 0 Å². The third-order valence-corrected chi connectivity index (χ3v) is 6.25. The Kier molecular flexibility index (Phi) is 4.99. The summed E-state index contributed by atoms with van der Waals surface area (Å²) in [4.78, 5) is 0.639. The Bertz CT molecular complexity index is 969. The molecule has 3 nitrogen and oxygen atoms in total. The predicted molar refractivity (Wildman–Crippen MR) is 94.0 cm³/mol. The molecule has 3 rings (SSSR count). The number of halogens is 2. The lowest BCUT2D eigenvalue weighted by atomic mass is 10.1. The molecule has 0 spiro atoms. The molecule has 1 atom stereocenters. The Morgan fingerprint density at radius 2 is 1.68 bits per heavy atom. The van der Waals surface area contributed by atoms with E-state index in [-0.39, 0.29) is 4.90 Å². The van der Waals surface area contributed by atoms with Crippen molar-refractivity contribution in [1.82, 2.24) is 4.72 Å². The number of sulfonamides is 1.